The molecular formula is C16H23FN2O. The highest BCUT2D eigenvalue weighted by Gasteiger charge is 2.22. The van der Waals surface area contributed by atoms with E-state index in [1.807, 2.05) is 6.92 Å². The molecule has 1 aliphatic rings. The first-order valence-corrected chi connectivity index (χ1v) is 7.41. The van der Waals surface area contributed by atoms with Gasteiger partial charge in [0.15, 0.2) is 0 Å². The molecule has 0 aromatic heterocycles. The van der Waals surface area contributed by atoms with Crippen LogP contribution in [0.1, 0.15) is 42.1 Å². The van der Waals surface area contributed by atoms with E-state index in [9.17, 15) is 9.18 Å². The van der Waals surface area contributed by atoms with E-state index in [4.69, 9.17) is 0 Å². The van der Waals surface area contributed by atoms with Crippen LogP contribution in [0.3, 0.4) is 0 Å². The van der Waals surface area contributed by atoms with Crippen molar-refractivity contribution in [3.05, 3.63) is 35.1 Å². The standard InChI is InChI=1S/C16H23FN2O/c1-3-19(11-13-8-4-5-10-18-13)16(20)14-9-6-7-12(2)15(14)17/h6-7,9,13,18H,3-5,8,10-11H2,1-2H3. The summed E-state index contributed by atoms with van der Waals surface area (Å²) in [6.45, 7) is 5.89. The highest BCUT2D eigenvalue weighted by atomic mass is 19.1. The van der Waals surface area contributed by atoms with Crippen molar-refractivity contribution < 1.29 is 9.18 Å². The lowest BCUT2D eigenvalue weighted by atomic mass is 10.0. The summed E-state index contributed by atoms with van der Waals surface area (Å²) < 4.78 is 14.1. The van der Waals surface area contributed by atoms with E-state index in [1.54, 1.807) is 30.0 Å². The van der Waals surface area contributed by atoms with Crippen LogP contribution in [-0.4, -0.2) is 36.5 Å². The third-order valence-corrected chi connectivity index (χ3v) is 3.94. The van der Waals surface area contributed by atoms with Gasteiger partial charge in [-0.05, 0) is 44.9 Å². The van der Waals surface area contributed by atoms with Crippen molar-refractivity contribution in [2.24, 2.45) is 0 Å². The molecule has 1 heterocycles. The number of hydrogen-bond acceptors (Lipinski definition) is 2. The van der Waals surface area contributed by atoms with Crippen molar-refractivity contribution in [2.45, 2.75) is 39.2 Å². The van der Waals surface area contributed by atoms with Crippen molar-refractivity contribution in [2.75, 3.05) is 19.6 Å². The summed E-state index contributed by atoms with van der Waals surface area (Å²) >= 11 is 0. The summed E-state index contributed by atoms with van der Waals surface area (Å²) in [5.41, 5.74) is 0.699. The highest BCUT2D eigenvalue weighted by molar-refractivity contribution is 5.94. The van der Waals surface area contributed by atoms with Gasteiger partial charge >= 0.3 is 0 Å². The van der Waals surface area contributed by atoms with Gasteiger partial charge < -0.3 is 10.2 Å². The van der Waals surface area contributed by atoms with E-state index < -0.39 is 5.82 Å². The van der Waals surface area contributed by atoms with Crippen LogP contribution in [0.4, 0.5) is 4.39 Å². The van der Waals surface area contributed by atoms with E-state index in [0.717, 1.165) is 13.0 Å². The molecule has 0 spiro atoms. The predicted octanol–water partition coefficient (Wildman–Crippen LogP) is 2.74. The number of nitrogens with zero attached hydrogens (tertiary/aromatic N) is 1. The molecule has 2 rings (SSSR count). The number of amides is 1. The maximum atomic E-state index is 14.1. The Labute approximate surface area is 120 Å². The number of carbonyl (C=O) groups is 1. The number of hydrogen-bond donors (Lipinski definition) is 1. The van der Waals surface area contributed by atoms with Gasteiger partial charge in [0.05, 0.1) is 5.56 Å². The van der Waals surface area contributed by atoms with E-state index in [2.05, 4.69) is 5.32 Å². The van der Waals surface area contributed by atoms with Crippen LogP contribution in [0.25, 0.3) is 0 Å². The molecule has 4 heteroatoms. The molecule has 1 aliphatic heterocycles. The largest absolute Gasteiger partial charge is 0.337 e. The normalized spacial score (nSPS) is 18.9. The summed E-state index contributed by atoms with van der Waals surface area (Å²) in [5, 5.41) is 3.43. The molecule has 1 aromatic carbocycles. The Kier molecular flexibility index (Phi) is 5.12. The van der Waals surface area contributed by atoms with Gasteiger partial charge in [0.2, 0.25) is 0 Å². The lowest BCUT2D eigenvalue weighted by molar-refractivity contribution is 0.0736. The van der Waals surface area contributed by atoms with Gasteiger partial charge in [0.25, 0.3) is 5.91 Å². The Morgan fingerprint density at radius 3 is 2.90 bits per heavy atom. The Morgan fingerprint density at radius 2 is 2.25 bits per heavy atom. The molecule has 1 fully saturated rings. The Morgan fingerprint density at radius 1 is 1.45 bits per heavy atom. The van der Waals surface area contributed by atoms with Crippen molar-refractivity contribution in [1.82, 2.24) is 10.2 Å². The summed E-state index contributed by atoms with van der Waals surface area (Å²) in [4.78, 5) is 14.2. The SMILES string of the molecule is CCN(CC1CCCCN1)C(=O)c1cccc(C)c1F. The average Bonchev–Trinajstić information content (AvgIpc) is 2.48. The molecule has 1 atom stereocenters. The highest BCUT2D eigenvalue weighted by Crippen LogP contribution is 2.16. The van der Waals surface area contributed by atoms with Crippen molar-refractivity contribution in [3.8, 4) is 0 Å². The average molecular weight is 278 g/mol. The fourth-order valence-electron chi connectivity index (χ4n) is 2.68. The fraction of sp³-hybridized carbons (Fsp3) is 0.562. The second kappa shape index (κ2) is 6.84. The zero-order valence-corrected chi connectivity index (χ0v) is 12.3. The Balaban J connectivity index is 2.10. The third kappa shape index (κ3) is 3.37. The van der Waals surface area contributed by atoms with Gasteiger partial charge in [-0.25, -0.2) is 4.39 Å². The van der Waals surface area contributed by atoms with Gasteiger partial charge in [-0.2, -0.15) is 0 Å². The minimum atomic E-state index is -0.396. The molecule has 110 valence electrons. The predicted molar refractivity (Wildman–Crippen MR) is 78.4 cm³/mol. The molecule has 1 saturated heterocycles. The van der Waals surface area contributed by atoms with Crippen molar-refractivity contribution in [3.63, 3.8) is 0 Å². The van der Waals surface area contributed by atoms with Crippen LogP contribution < -0.4 is 5.32 Å². The number of rotatable bonds is 4. The van der Waals surface area contributed by atoms with Crippen LogP contribution in [0, 0.1) is 12.7 Å². The van der Waals surface area contributed by atoms with Crippen LogP contribution in [-0.2, 0) is 0 Å². The molecule has 1 N–H and O–H groups in total. The molecule has 0 bridgehead atoms. The Bertz CT molecular complexity index is 470. The number of piperidine rings is 1. The number of aryl methyl sites for hydroxylation is 1. The van der Waals surface area contributed by atoms with Crippen molar-refractivity contribution in [1.29, 1.82) is 0 Å². The quantitative estimate of drug-likeness (QED) is 0.918. The molecule has 0 saturated carbocycles. The van der Waals surface area contributed by atoms with Crippen LogP contribution in [0.15, 0.2) is 18.2 Å². The second-order valence-electron chi connectivity index (χ2n) is 5.43. The maximum Gasteiger partial charge on any atom is 0.256 e. The molecule has 0 radical (unpaired) electrons. The summed E-state index contributed by atoms with van der Waals surface area (Å²) in [7, 11) is 0. The van der Waals surface area contributed by atoms with Crippen LogP contribution in [0.2, 0.25) is 0 Å². The van der Waals surface area contributed by atoms with Crippen LogP contribution >= 0.6 is 0 Å². The molecule has 1 unspecified atom stereocenters. The summed E-state index contributed by atoms with van der Waals surface area (Å²) in [5.74, 6) is -0.603. The zero-order chi connectivity index (χ0) is 14.5. The molecule has 0 aliphatic carbocycles. The topological polar surface area (TPSA) is 32.3 Å². The number of carbonyl (C=O) groups excluding carboxylic acids is 1. The van der Waals surface area contributed by atoms with Gasteiger partial charge in [0, 0.05) is 19.1 Å². The van der Waals surface area contributed by atoms with Gasteiger partial charge in [0.1, 0.15) is 5.82 Å². The van der Waals surface area contributed by atoms with E-state index in [0.29, 0.717) is 24.7 Å². The van der Waals surface area contributed by atoms with E-state index >= 15 is 0 Å². The molecule has 1 aromatic rings. The van der Waals surface area contributed by atoms with Gasteiger partial charge in [-0.3, -0.25) is 4.79 Å². The van der Waals surface area contributed by atoms with Gasteiger partial charge in [-0.1, -0.05) is 18.6 Å². The fourth-order valence-corrected chi connectivity index (χ4v) is 2.68. The summed E-state index contributed by atoms with van der Waals surface area (Å²) in [6, 6.07) is 5.32. The van der Waals surface area contributed by atoms with Gasteiger partial charge in [-0.15, -0.1) is 0 Å². The molecule has 1 amide bonds. The first-order valence-electron chi connectivity index (χ1n) is 7.41. The number of halogens is 1. The minimum Gasteiger partial charge on any atom is -0.337 e. The smallest absolute Gasteiger partial charge is 0.256 e. The number of nitrogens with one attached hydrogen (secondary N) is 1. The lowest BCUT2D eigenvalue weighted by Gasteiger charge is -2.30. The van der Waals surface area contributed by atoms with E-state index in [-0.39, 0.29) is 11.5 Å². The van der Waals surface area contributed by atoms with Crippen molar-refractivity contribution >= 4 is 5.91 Å². The molecular weight excluding hydrogens is 255 g/mol. The van der Waals surface area contributed by atoms with E-state index in [1.165, 1.54) is 12.8 Å². The molecule has 20 heavy (non-hydrogen) atoms. The zero-order valence-electron chi connectivity index (χ0n) is 12.3. The first kappa shape index (κ1) is 15.0. The lowest BCUT2D eigenvalue weighted by Crippen LogP contribution is -2.45. The maximum absolute atomic E-state index is 14.1. The second-order valence-corrected chi connectivity index (χ2v) is 5.43. The summed E-state index contributed by atoms with van der Waals surface area (Å²) in [6.07, 6.45) is 3.48. The monoisotopic (exact) mass is 278 g/mol. The number of likely N-dealkylation sites (N-methyl/N-ethyl adjacent to an activating group) is 1. The Hall–Kier alpha value is -1.42. The number of benzene rings is 1. The molecule has 3 nitrogen and oxygen atoms in total. The van der Waals surface area contributed by atoms with Crippen LogP contribution in [0.5, 0.6) is 0 Å². The minimum absolute atomic E-state index is 0.183. The third-order valence-electron chi connectivity index (χ3n) is 3.94. The first-order chi connectivity index (χ1) is 9.63.